The maximum atomic E-state index is 13.4. The molecule has 162 valence electrons. The molecule has 6 nitrogen and oxygen atoms in total. The third-order valence-corrected chi connectivity index (χ3v) is 5.02. The van der Waals surface area contributed by atoms with E-state index in [1.807, 2.05) is 6.07 Å². The molecule has 8 heteroatoms. The van der Waals surface area contributed by atoms with Crippen LogP contribution in [-0.4, -0.2) is 18.9 Å². The summed E-state index contributed by atoms with van der Waals surface area (Å²) in [5.41, 5.74) is 4.16. The van der Waals surface area contributed by atoms with Crippen LogP contribution in [0.1, 0.15) is 11.1 Å². The second kappa shape index (κ2) is 9.11. The Morgan fingerprint density at radius 1 is 1.06 bits per heavy atom. The molecule has 1 aliphatic heterocycles. The lowest BCUT2D eigenvalue weighted by molar-refractivity contribution is -0.117. The van der Waals surface area contributed by atoms with Crippen molar-refractivity contribution < 1.29 is 23.5 Å². The lowest BCUT2D eigenvalue weighted by Gasteiger charge is -2.14. The van der Waals surface area contributed by atoms with Gasteiger partial charge in [0.25, 0.3) is 11.8 Å². The van der Waals surface area contributed by atoms with Crippen LogP contribution in [0, 0.1) is 5.82 Å². The van der Waals surface area contributed by atoms with Gasteiger partial charge in [-0.15, -0.1) is 0 Å². The number of carbonyl (C=O) groups excluding carboxylic acids is 2. The number of amides is 2. The minimum absolute atomic E-state index is 0.0413. The molecule has 4 rings (SSSR count). The number of rotatable bonds is 6. The lowest BCUT2D eigenvalue weighted by Crippen LogP contribution is -2.35. The number of nitrogens with zero attached hydrogens (tertiary/aromatic N) is 1. The fourth-order valence-electron chi connectivity index (χ4n) is 3.23. The topological polar surface area (TPSA) is 67.9 Å². The minimum atomic E-state index is -0.527. The smallest absolute Gasteiger partial charge is 0.282 e. The highest BCUT2D eigenvalue weighted by Gasteiger charge is 2.34. The summed E-state index contributed by atoms with van der Waals surface area (Å²) in [4.78, 5) is 25.2. The molecule has 3 aromatic rings. The van der Waals surface area contributed by atoms with Crippen LogP contribution in [0.25, 0.3) is 6.08 Å². The van der Waals surface area contributed by atoms with Crippen LogP contribution in [0.4, 0.5) is 10.1 Å². The maximum absolute atomic E-state index is 13.4. The monoisotopic (exact) mass is 452 g/mol. The zero-order valence-electron chi connectivity index (χ0n) is 17.0. The van der Waals surface area contributed by atoms with E-state index < -0.39 is 11.8 Å². The first-order valence-corrected chi connectivity index (χ1v) is 10.0. The van der Waals surface area contributed by atoms with Crippen LogP contribution in [-0.2, 0) is 16.2 Å². The van der Waals surface area contributed by atoms with Crippen LogP contribution in [0.5, 0.6) is 11.5 Å². The van der Waals surface area contributed by atoms with Crippen LogP contribution in [0.2, 0.25) is 5.02 Å². The van der Waals surface area contributed by atoms with Gasteiger partial charge in [0.2, 0.25) is 0 Å². The van der Waals surface area contributed by atoms with Crippen molar-refractivity contribution in [1.82, 2.24) is 5.43 Å². The zero-order chi connectivity index (χ0) is 22.7. The summed E-state index contributed by atoms with van der Waals surface area (Å²) in [6.07, 6.45) is 1.44. The fraction of sp³-hybridized carbons (Fsp3) is 0.0833. The molecule has 0 aromatic heterocycles. The van der Waals surface area contributed by atoms with E-state index >= 15 is 0 Å². The summed E-state index contributed by atoms with van der Waals surface area (Å²) in [6, 6.07) is 18.0. The third-order valence-electron chi connectivity index (χ3n) is 4.74. The van der Waals surface area contributed by atoms with E-state index in [0.717, 1.165) is 0 Å². The number of ether oxygens (including phenoxy) is 2. The van der Waals surface area contributed by atoms with Gasteiger partial charge in [-0.25, -0.2) is 9.40 Å². The van der Waals surface area contributed by atoms with Crippen LogP contribution in [0.15, 0.2) is 72.3 Å². The molecule has 0 unspecified atom stereocenters. The molecule has 0 bridgehead atoms. The van der Waals surface area contributed by atoms with E-state index in [1.54, 1.807) is 48.5 Å². The molecule has 1 fully saturated rings. The number of anilines is 1. The molecule has 1 aliphatic rings. The van der Waals surface area contributed by atoms with Gasteiger partial charge in [0.15, 0.2) is 11.5 Å². The summed E-state index contributed by atoms with van der Waals surface area (Å²) in [5.74, 6) is -0.793. The lowest BCUT2D eigenvalue weighted by atomic mass is 10.1. The van der Waals surface area contributed by atoms with Crippen molar-refractivity contribution in [3.8, 4) is 11.5 Å². The standard InChI is InChI=1S/C24H18ClFN2O4/c1-31-21-13-16(12-20(25)22(21)32-14-15-6-5-7-17(26)10-15)11-19-23(29)27-28(24(19)30)18-8-3-2-4-9-18/h2-13H,14H2,1H3,(H,27,29)/b19-11-. The van der Waals surface area contributed by atoms with Gasteiger partial charge in [-0.3, -0.25) is 15.0 Å². The average molecular weight is 453 g/mol. The first-order chi connectivity index (χ1) is 15.5. The number of hydrogen-bond donors (Lipinski definition) is 1. The van der Waals surface area contributed by atoms with Gasteiger partial charge in [-0.1, -0.05) is 41.9 Å². The molecule has 3 aromatic carbocycles. The first-order valence-electron chi connectivity index (χ1n) is 9.63. The molecule has 1 saturated heterocycles. The number of hydrogen-bond acceptors (Lipinski definition) is 4. The molecule has 0 radical (unpaired) electrons. The molecule has 2 amide bonds. The first kappa shape index (κ1) is 21.4. The Balaban J connectivity index is 1.59. The minimum Gasteiger partial charge on any atom is -0.493 e. The van der Waals surface area contributed by atoms with Crippen molar-refractivity contribution in [2.45, 2.75) is 6.61 Å². The van der Waals surface area contributed by atoms with Crippen LogP contribution >= 0.6 is 11.6 Å². The number of hydrazine groups is 1. The Morgan fingerprint density at radius 2 is 1.84 bits per heavy atom. The number of carbonyl (C=O) groups is 2. The van der Waals surface area contributed by atoms with Gasteiger partial charge < -0.3 is 9.47 Å². The maximum Gasteiger partial charge on any atom is 0.282 e. The Kier molecular flexibility index (Phi) is 6.09. The molecule has 0 aliphatic carbocycles. The van der Waals surface area contributed by atoms with Gasteiger partial charge in [0.1, 0.15) is 18.0 Å². The highest BCUT2D eigenvalue weighted by atomic mass is 35.5. The summed E-state index contributed by atoms with van der Waals surface area (Å²) >= 11 is 6.39. The Hall–Kier alpha value is -3.84. The van der Waals surface area contributed by atoms with Crippen molar-refractivity contribution in [1.29, 1.82) is 0 Å². The van der Waals surface area contributed by atoms with Gasteiger partial charge >= 0.3 is 0 Å². The van der Waals surface area contributed by atoms with E-state index in [4.69, 9.17) is 21.1 Å². The van der Waals surface area contributed by atoms with E-state index in [0.29, 0.717) is 22.6 Å². The quantitative estimate of drug-likeness (QED) is 0.441. The highest BCUT2D eigenvalue weighted by molar-refractivity contribution is 6.33. The molecule has 1 N–H and O–H groups in total. The third kappa shape index (κ3) is 4.43. The van der Waals surface area contributed by atoms with E-state index in [2.05, 4.69) is 5.43 Å². The molecule has 0 atom stereocenters. The SMILES string of the molecule is COc1cc(/C=C2/C(=O)NN(c3ccccc3)C2=O)cc(Cl)c1OCc1cccc(F)c1. The van der Waals surface area contributed by atoms with Crippen LogP contribution in [0.3, 0.4) is 0 Å². The molecule has 1 heterocycles. The molecular formula is C24H18ClFN2O4. The largest absolute Gasteiger partial charge is 0.493 e. The van der Waals surface area contributed by atoms with Crippen molar-refractivity contribution in [2.75, 3.05) is 12.1 Å². The predicted molar refractivity (Wildman–Crippen MR) is 119 cm³/mol. The summed E-state index contributed by atoms with van der Waals surface area (Å²) in [6.45, 7) is 0.0845. The zero-order valence-corrected chi connectivity index (χ0v) is 17.7. The van der Waals surface area contributed by atoms with Gasteiger partial charge in [-0.05, 0) is 53.6 Å². The fourth-order valence-corrected chi connectivity index (χ4v) is 3.50. The van der Waals surface area contributed by atoms with E-state index in [9.17, 15) is 14.0 Å². The van der Waals surface area contributed by atoms with Crippen molar-refractivity contribution in [3.05, 3.63) is 94.3 Å². The van der Waals surface area contributed by atoms with Gasteiger partial charge in [0.05, 0.1) is 17.8 Å². The highest BCUT2D eigenvalue weighted by Crippen LogP contribution is 2.38. The van der Waals surface area contributed by atoms with E-state index in [-0.39, 0.29) is 28.8 Å². The normalized spacial score (nSPS) is 14.6. The Bertz CT molecular complexity index is 1210. The van der Waals surface area contributed by atoms with Crippen molar-refractivity contribution >= 4 is 35.2 Å². The van der Waals surface area contributed by atoms with Crippen molar-refractivity contribution in [3.63, 3.8) is 0 Å². The Labute approximate surface area is 188 Å². The number of methoxy groups -OCH3 is 1. The number of benzene rings is 3. The van der Waals surface area contributed by atoms with Gasteiger partial charge in [-0.2, -0.15) is 0 Å². The molecule has 0 saturated carbocycles. The molecule has 0 spiro atoms. The molecular weight excluding hydrogens is 435 g/mol. The second-order valence-corrected chi connectivity index (χ2v) is 7.33. The van der Waals surface area contributed by atoms with Gasteiger partial charge in [0, 0.05) is 0 Å². The van der Waals surface area contributed by atoms with Crippen molar-refractivity contribution in [2.24, 2.45) is 0 Å². The average Bonchev–Trinajstić information content (AvgIpc) is 3.07. The predicted octanol–water partition coefficient (Wildman–Crippen LogP) is 4.53. The summed E-state index contributed by atoms with van der Waals surface area (Å²) < 4.78 is 24.5. The Morgan fingerprint density at radius 3 is 2.56 bits per heavy atom. The number of nitrogens with one attached hydrogen (secondary N) is 1. The van der Waals surface area contributed by atoms with E-state index in [1.165, 1.54) is 30.3 Å². The number of para-hydroxylation sites is 1. The summed E-state index contributed by atoms with van der Waals surface area (Å²) in [7, 11) is 1.45. The second-order valence-electron chi connectivity index (χ2n) is 6.93. The molecule has 32 heavy (non-hydrogen) atoms. The number of halogens is 2. The van der Waals surface area contributed by atoms with Crippen LogP contribution < -0.4 is 19.9 Å². The summed E-state index contributed by atoms with van der Waals surface area (Å²) in [5, 5.41) is 1.40.